The normalized spacial score (nSPS) is 23.8. The molecule has 3 heterocycles. The largest absolute Gasteiger partial charge is 0.309 e. The first-order valence-corrected chi connectivity index (χ1v) is 9.21. The molecular weight excluding hydrogens is 312 g/mol. The molecule has 130 valence electrons. The Labute approximate surface area is 147 Å². The third-order valence-electron chi connectivity index (χ3n) is 5.24. The molecule has 2 aromatic heterocycles. The summed E-state index contributed by atoms with van der Waals surface area (Å²) in [6, 6.07) is 7.43. The first-order chi connectivity index (χ1) is 12.3. The van der Waals surface area contributed by atoms with Crippen molar-refractivity contribution in [2.24, 2.45) is 5.92 Å². The van der Waals surface area contributed by atoms with Gasteiger partial charge in [-0.1, -0.05) is 18.2 Å². The average molecular weight is 336 g/mol. The van der Waals surface area contributed by atoms with Crippen LogP contribution >= 0.6 is 0 Å². The van der Waals surface area contributed by atoms with Crippen molar-refractivity contribution >= 4 is 0 Å². The van der Waals surface area contributed by atoms with E-state index in [-0.39, 0.29) is 11.6 Å². The molecule has 1 N–H and O–H groups in total. The van der Waals surface area contributed by atoms with Gasteiger partial charge in [-0.05, 0) is 56.7 Å². The molecular formula is C20H24N4O. The van der Waals surface area contributed by atoms with Crippen LogP contribution in [0.15, 0.2) is 47.4 Å². The van der Waals surface area contributed by atoms with E-state index in [0.717, 1.165) is 43.4 Å². The molecule has 4 rings (SSSR count). The fraction of sp³-hybridized carbons (Fsp3) is 0.450. The van der Waals surface area contributed by atoms with Crippen LogP contribution in [0.4, 0.5) is 0 Å². The molecule has 0 radical (unpaired) electrons. The number of nitrogens with zero attached hydrogens (tertiary/aromatic N) is 3. The number of aromatic amines is 1. The Kier molecular flexibility index (Phi) is 4.74. The van der Waals surface area contributed by atoms with Crippen molar-refractivity contribution in [3.8, 4) is 11.4 Å². The van der Waals surface area contributed by atoms with Gasteiger partial charge in [-0.15, -0.1) is 0 Å². The molecule has 0 aromatic carbocycles. The second-order valence-electron chi connectivity index (χ2n) is 7.03. The zero-order valence-electron chi connectivity index (χ0n) is 14.4. The Balaban J connectivity index is 1.58. The quantitative estimate of drug-likeness (QED) is 0.870. The van der Waals surface area contributed by atoms with Crippen LogP contribution in [0.5, 0.6) is 0 Å². The van der Waals surface area contributed by atoms with E-state index in [2.05, 4.69) is 27.0 Å². The number of nitrogens with one attached hydrogen (secondary N) is 1. The number of hydrogen-bond donors (Lipinski definition) is 1. The van der Waals surface area contributed by atoms with Crippen LogP contribution in [-0.2, 0) is 0 Å². The Morgan fingerprint density at radius 2 is 2.16 bits per heavy atom. The summed E-state index contributed by atoms with van der Waals surface area (Å²) >= 11 is 0. The highest BCUT2D eigenvalue weighted by Crippen LogP contribution is 2.32. The number of rotatable bonds is 4. The number of H-pyrrole nitrogens is 1. The Bertz CT molecular complexity index is 799. The third kappa shape index (κ3) is 3.71. The highest BCUT2D eigenvalue weighted by Gasteiger charge is 2.30. The van der Waals surface area contributed by atoms with E-state index in [1.807, 2.05) is 18.2 Å². The van der Waals surface area contributed by atoms with E-state index in [1.165, 1.54) is 25.3 Å². The molecule has 2 aromatic rings. The summed E-state index contributed by atoms with van der Waals surface area (Å²) in [6.07, 6.45) is 12.2. The highest BCUT2D eigenvalue weighted by molar-refractivity contribution is 5.52. The van der Waals surface area contributed by atoms with Gasteiger partial charge >= 0.3 is 0 Å². The Hall–Kier alpha value is -2.27. The summed E-state index contributed by atoms with van der Waals surface area (Å²) in [7, 11) is 0. The van der Waals surface area contributed by atoms with Gasteiger partial charge in [-0.2, -0.15) is 0 Å². The van der Waals surface area contributed by atoms with Crippen molar-refractivity contribution in [2.45, 2.75) is 38.1 Å². The van der Waals surface area contributed by atoms with Crippen molar-refractivity contribution < 1.29 is 0 Å². The van der Waals surface area contributed by atoms with Crippen LogP contribution in [0, 0.1) is 5.92 Å². The summed E-state index contributed by atoms with van der Waals surface area (Å²) in [6.45, 7) is 2.18. The van der Waals surface area contributed by atoms with Crippen LogP contribution in [0.2, 0.25) is 0 Å². The summed E-state index contributed by atoms with van der Waals surface area (Å²) in [5.41, 5.74) is 1.31. The minimum Gasteiger partial charge on any atom is -0.309 e. The third-order valence-corrected chi connectivity index (χ3v) is 5.24. The van der Waals surface area contributed by atoms with Crippen LogP contribution in [-0.4, -0.2) is 32.9 Å². The lowest BCUT2D eigenvalue weighted by molar-refractivity contribution is 0.202. The van der Waals surface area contributed by atoms with Crippen molar-refractivity contribution in [1.82, 2.24) is 19.9 Å². The van der Waals surface area contributed by atoms with Gasteiger partial charge in [-0.25, -0.2) is 4.98 Å². The van der Waals surface area contributed by atoms with Crippen molar-refractivity contribution in [1.29, 1.82) is 0 Å². The lowest BCUT2D eigenvalue weighted by Gasteiger charge is -2.29. The van der Waals surface area contributed by atoms with Crippen molar-refractivity contribution in [3.63, 3.8) is 0 Å². The van der Waals surface area contributed by atoms with Crippen molar-refractivity contribution in [3.05, 3.63) is 58.8 Å². The van der Waals surface area contributed by atoms with Gasteiger partial charge in [0.1, 0.15) is 5.82 Å². The van der Waals surface area contributed by atoms with Gasteiger partial charge in [0.05, 0.1) is 17.4 Å². The SMILES string of the molecule is O=c1cc(-c2ccccn2)nc([C@H]2CCCN2C[C@H]2CC=CCC2)[nH]1. The predicted octanol–water partition coefficient (Wildman–Crippen LogP) is 3.33. The average Bonchev–Trinajstić information content (AvgIpc) is 3.11. The van der Waals surface area contributed by atoms with Crippen LogP contribution in [0.3, 0.4) is 0 Å². The van der Waals surface area contributed by atoms with Crippen LogP contribution in [0.25, 0.3) is 11.4 Å². The second-order valence-corrected chi connectivity index (χ2v) is 7.03. The first kappa shape index (κ1) is 16.2. The van der Waals surface area contributed by atoms with Gasteiger partial charge in [-0.3, -0.25) is 14.7 Å². The standard InChI is InChI=1S/C20H24N4O/c25-19-13-17(16-9-4-5-11-21-16)22-20(23-19)18-10-6-12-24(18)14-15-7-2-1-3-8-15/h1-2,4-5,9,11,13,15,18H,3,6-8,10,12,14H2,(H,22,23,25)/t15-,18+/m0/s1. The highest BCUT2D eigenvalue weighted by atomic mass is 16.1. The molecule has 25 heavy (non-hydrogen) atoms. The number of pyridine rings is 1. The zero-order chi connectivity index (χ0) is 17.1. The maximum absolute atomic E-state index is 12.2. The topological polar surface area (TPSA) is 61.9 Å². The maximum atomic E-state index is 12.2. The van der Waals surface area contributed by atoms with Gasteiger partial charge in [0.2, 0.25) is 0 Å². The number of aromatic nitrogens is 3. The predicted molar refractivity (Wildman–Crippen MR) is 98.1 cm³/mol. The van der Waals surface area contributed by atoms with Gasteiger partial charge in [0.15, 0.2) is 0 Å². The van der Waals surface area contributed by atoms with Gasteiger partial charge in [0, 0.05) is 18.8 Å². The van der Waals surface area contributed by atoms with Crippen molar-refractivity contribution in [2.75, 3.05) is 13.1 Å². The van der Waals surface area contributed by atoms with E-state index in [1.54, 1.807) is 6.20 Å². The molecule has 2 atom stereocenters. The van der Waals surface area contributed by atoms with Gasteiger partial charge < -0.3 is 4.98 Å². The summed E-state index contributed by atoms with van der Waals surface area (Å²) in [5, 5.41) is 0. The molecule has 0 saturated carbocycles. The molecule has 1 saturated heterocycles. The zero-order valence-corrected chi connectivity index (χ0v) is 14.4. The van der Waals surface area contributed by atoms with E-state index in [9.17, 15) is 4.79 Å². The Morgan fingerprint density at radius 1 is 1.20 bits per heavy atom. The summed E-state index contributed by atoms with van der Waals surface area (Å²) in [5.74, 6) is 1.51. The fourth-order valence-corrected chi connectivity index (χ4v) is 3.99. The Morgan fingerprint density at radius 3 is 2.96 bits per heavy atom. The number of allylic oxidation sites excluding steroid dienone is 2. The second kappa shape index (κ2) is 7.31. The van der Waals surface area contributed by atoms with E-state index >= 15 is 0 Å². The van der Waals surface area contributed by atoms with E-state index in [0.29, 0.717) is 5.69 Å². The van der Waals surface area contributed by atoms with Gasteiger partial charge in [0.25, 0.3) is 5.56 Å². The first-order valence-electron chi connectivity index (χ1n) is 9.21. The summed E-state index contributed by atoms with van der Waals surface area (Å²) in [4.78, 5) is 26.8. The van der Waals surface area contributed by atoms with E-state index < -0.39 is 0 Å². The maximum Gasteiger partial charge on any atom is 0.251 e. The molecule has 0 spiro atoms. The molecule has 5 heteroatoms. The lowest BCUT2D eigenvalue weighted by Crippen LogP contribution is -2.31. The molecule has 1 aliphatic carbocycles. The van der Waals surface area contributed by atoms with Crippen LogP contribution < -0.4 is 5.56 Å². The number of likely N-dealkylation sites (tertiary alicyclic amines) is 1. The molecule has 2 aliphatic rings. The summed E-state index contributed by atoms with van der Waals surface area (Å²) < 4.78 is 0. The van der Waals surface area contributed by atoms with Crippen LogP contribution in [0.1, 0.15) is 44.0 Å². The molecule has 0 unspecified atom stereocenters. The lowest BCUT2D eigenvalue weighted by atomic mass is 9.93. The minimum absolute atomic E-state index is 0.0990. The molecule has 1 fully saturated rings. The smallest absolute Gasteiger partial charge is 0.251 e. The van der Waals surface area contributed by atoms with E-state index in [4.69, 9.17) is 4.98 Å². The minimum atomic E-state index is -0.0990. The monoisotopic (exact) mass is 336 g/mol. The number of hydrogen-bond acceptors (Lipinski definition) is 4. The molecule has 0 bridgehead atoms. The fourth-order valence-electron chi connectivity index (χ4n) is 3.99. The molecule has 5 nitrogen and oxygen atoms in total. The molecule has 1 aliphatic heterocycles. The molecule has 0 amide bonds.